The second-order valence-corrected chi connectivity index (χ2v) is 15.6. The van der Waals surface area contributed by atoms with Gasteiger partial charge in [0, 0.05) is 37.5 Å². The molecule has 2 unspecified atom stereocenters. The Bertz CT molecular complexity index is 2570. The lowest BCUT2D eigenvalue weighted by atomic mass is 9.90. The summed E-state index contributed by atoms with van der Waals surface area (Å²) in [5.41, 5.74) is 4.23. The molecule has 0 bridgehead atoms. The topological polar surface area (TPSA) is 18.8 Å². The minimum atomic E-state index is -2.73. The molecule has 2 atom stereocenters. The van der Waals surface area contributed by atoms with Crippen LogP contribution in [0.3, 0.4) is 0 Å². The fourth-order valence-corrected chi connectivity index (χ4v) is 10.0. The van der Waals surface area contributed by atoms with E-state index in [4.69, 9.17) is 17.3 Å². The minimum Gasteiger partial charge on any atom is -0.300 e. The van der Waals surface area contributed by atoms with Gasteiger partial charge in [0.1, 0.15) is 0 Å². The van der Waals surface area contributed by atoms with Gasteiger partial charge < -0.3 is 4.90 Å². The average molecular weight is 669 g/mol. The first-order valence-corrected chi connectivity index (χ1v) is 17.6. The zero-order valence-corrected chi connectivity index (χ0v) is 28.0. The summed E-state index contributed by atoms with van der Waals surface area (Å²) in [6, 6.07) is 29.4. The van der Waals surface area contributed by atoms with E-state index in [1.807, 2.05) is 77.7 Å². The quantitative estimate of drug-likeness (QED) is 0.190. The summed E-state index contributed by atoms with van der Waals surface area (Å²) >= 11 is 3.22. The van der Waals surface area contributed by atoms with Gasteiger partial charge in [0.05, 0.1) is 23.5 Å². The fraction of sp³-hybridized carbons (Fsp3) is 0.186. The second kappa shape index (κ2) is 11.0. The SMILES string of the molecule is [2H]C([2H])([2H])c1cc(N2C3=NC4C=CC=CC4N3c3ccccc32)ccc1-c1cc(C([2H])([2H])[2H])c(-c2cccc3c2Sc2ccccc2C(C)(C)S3)cc1C([2H])([2H])[2H]. The summed E-state index contributed by atoms with van der Waals surface area (Å²) < 4.78 is 78.6. The Hall–Kier alpha value is -4.45. The molecule has 0 saturated heterocycles. The molecule has 0 amide bonds. The van der Waals surface area contributed by atoms with Crippen LogP contribution in [0.15, 0.2) is 141 Å². The molecule has 4 aliphatic rings. The van der Waals surface area contributed by atoms with Crippen LogP contribution in [0.4, 0.5) is 17.1 Å². The van der Waals surface area contributed by atoms with Crippen molar-refractivity contribution in [2.75, 3.05) is 9.80 Å². The smallest absolute Gasteiger partial charge is 0.211 e. The summed E-state index contributed by atoms with van der Waals surface area (Å²) in [6.07, 6.45) is 8.11. The zero-order chi connectivity index (χ0) is 40.2. The molecule has 9 rings (SSSR count). The molecule has 5 aromatic rings. The van der Waals surface area contributed by atoms with Gasteiger partial charge in [-0.15, -0.1) is 11.8 Å². The van der Waals surface area contributed by atoms with Crippen molar-refractivity contribution in [1.82, 2.24) is 0 Å². The summed E-state index contributed by atoms with van der Waals surface area (Å²) in [5, 5.41) is 0. The van der Waals surface area contributed by atoms with E-state index in [1.54, 1.807) is 41.7 Å². The van der Waals surface area contributed by atoms with Crippen LogP contribution in [0, 0.1) is 20.6 Å². The molecule has 5 heteroatoms. The molecule has 3 nitrogen and oxygen atoms in total. The number of anilines is 3. The Morgan fingerprint density at radius 1 is 0.688 bits per heavy atom. The van der Waals surface area contributed by atoms with Gasteiger partial charge in [-0.1, -0.05) is 96.7 Å². The van der Waals surface area contributed by atoms with E-state index in [0.29, 0.717) is 17.2 Å². The van der Waals surface area contributed by atoms with E-state index in [9.17, 15) is 0 Å². The Balaban J connectivity index is 1.24. The molecule has 0 saturated carbocycles. The Morgan fingerprint density at radius 3 is 2.23 bits per heavy atom. The van der Waals surface area contributed by atoms with E-state index in [1.165, 1.54) is 12.1 Å². The lowest BCUT2D eigenvalue weighted by Crippen LogP contribution is -2.39. The van der Waals surface area contributed by atoms with Crippen LogP contribution in [0.2, 0.25) is 0 Å². The molecular weight excluding hydrogens is 623 g/mol. The van der Waals surface area contributed by atoms with E-state index in [-0.39, 0.29) is 50.2 Å². The highest BCUT2D eigenvalue weighted by Crippen LogP contribution is 2.55. The van der Waals surface area contributed by atoms with E-state index in [2.05, 4.69) is 37.0 Å². The van der Waals surface area contributed by atoms with Crippen molar-refractivity contribution in [1.29, 1.82) is 0 Å². The standard InChI is InChI=1S/C43H37N3S2/c1-26-23-29(45-37-17-9-10-18-38(37)46-36-16-8-7-15-35(36)44-42(45)46)21-22-30(26)32-24-28(3)33(25-27(32)2)31-13-12-20-40-41(31)47-39-19-11-6-14-34(39)43(4,5)48-40/h6-25,35-36H,1-5H3/i1D3,2D3,3D3. The molecule has 1 aliphatic carbocycles. The number of guanidine groups is 1. The summed E-state index contributed by atoms with van der Waals surface area (Å²) in [7, 11) is 0. The van der Waals surface area contributed by atoms with E-state index >= 15 is 0 Å². The molecule has 0 radical (unpaired) electrons. The van der Waals surface area contributed by atoms with Crippen molar-refractivity contribution in [3.63, 3.8) is 0 Å². The molecule has 0 N–H and O–H groups in total. The van der Waals surface area contributed by atoms with Gasteiger partial charge in [0.25, 0.3) is 0 Å². The van der Waals surface area contributed by atoms with Gasteiger partial charge >= 0.3 is 0 Å². The van der Waals surface area contributed by atoms with Crippen molar-refractivity contribution in [2.45, 2.75) is 65.9 Å². The maximum Gasteiger partial charge on any atom is 0.211 e. The van der Waals surface area contributed by atoms with Gasteiger partial charge in [-0.3, -0.25) is 4.90 Å². The maximum absolute atomic E-state index is 8.78. The van der Waals surface area contributed by atoms with Crippen LogP contribution in [0.5, 0.6) is 0 Å². The minimum absolute atomic E-state index is 0.0333. The first-order valence-electron chi connectivity index (χ1n) is 20.5. The number of para-hydroxylation sites is 2. The predicted octanol–water partition coefficient (Wildman–Crippen LogP) is 11.6. The molecule has 48 heavy (non-hydrogen) atoms. The number of hydrogen-bond acceptors (Lipinski definition) is 5. The van der Waals surface area contributed by atoms with Gasteiger partial charge in [-0.25, -0.2) is 4.99 Å². The Morgan fingerprint density at radius 2 is 1.40 bits per heavy atom. The van der Waals surface area contributed by atoms with Gasteiger partial charge in [0.15, 0.2) is 0 Å². The average Bonchev–Trinajstić information content (AvgIpc) is 3.64. The molecule has 0 fully saturated rings. The fourth-order valence-electron chi connectivity index (χ4n) is 7.28. The number of nitrogens with zero attached hydrogens (tertiary/aromatic N) is 3. The van der Waals surface area contributed by atoms with E-state index < -0.39 is 20.6 Å². The lowest BCUT2D eigenvalue weighted by molar-refractivity contribution is 0.741. The van der Waals surface area contributed by atoms with Crippen molar-refractivity contribution in [3.8, 4) is 22.3 Å². The summed E-state index contributed by atoms with van der Waals surface area (Å²) in [4.78, 5) is 12.0. The third kappa shape index (κ3) is 4.55. The number of benzene rings is 5. The first-order chi connectivity index (χ1) is 26.9. The third-order valence-electron chi connectivity index (χ3n) is 9.53. The van der Waals surface area contributed by atoms with Crippen molar-refractivity contribution in [2.24, 2.45) is 4.99 Å². The monoisotopic (exact) mass is 668 g/mol. The molecular formula is C43H37N3S2. The van der Waals surface area contributed by atoms with Crippen LogP contribution in [-0.4, -0.2) is 18.0 Å². The van der Waals surface area contributed by atoms with Gasteiger partial charge in [-0.05, 0) is 115 Å². The molecule has 0 aromatic heterocycles. The molecule has 3 heterocycles. The molecule has 0 spiro atoms. The number of rotatable bonds is 3. The number of thioether (sulfide) groups is 1. The van der Waals surface area contributed by atoms with Crippen molar-refractivity contribution in [3.05, 3.63) is 144 Å². The summed E-state index contributed by atoms with van der Waals surface area (Å²) in [6.45, 7) is -3.79. The molecule has 5 aromatic carbocycles. The van der Waals surface area contributed by atoms with Crippen molar-refractivity contribution >= 4 is 46.5 Å². The zero-order valence-electron chi connectivity index (χ0n) is 35.4. The highest BCUT2D eigenvalue weighted by molar-refractivity contribution is 8.03. The normalized spacial score (nSPS) is 23.2. The first kappa shape index (κ1) is 21.5. The van der Waals surface area contributed by atoms with Crippen molar-refractivity contribution < 1.29 is 12.3 Å². The predicted molar refractivity (Wildman–Crippen MR) is 205 cm³/mol. The number of aliphatic imine (C=N–C) groups is 1. The molecule has 3 aliphatic heterocycles. The number of hydrogen-bond donors (Lipinski definition) is 0. The molecule has 236 valence electrons. The number of allylic oxidation sites excluding steroid dienone is 2. The highest BCUT2D eigenvalue weighted by atomic mass is 32.2. The lowest BCUT2D eigenvalue weighted by Gasteiger charge is -2.25. The van der Waals surface area contributed by atoms with Gasteiger partial charge in [0.2, 0.25) is 5.96 Å². The van der Waals surface area contributed by atoms with Crippen LogP contribution >= 0.6 is 23.5 Å². The third-order valence-corrected chi connectivity index (χ3v) is 12.2. The Labute approximate surface area is 304 Å². The van der Waals surface area contributed by atoms with Crippen LogP contribution < -0.4 is 9.80 Å². The Kier molecular flexibility index (Phi) is 4.95. The van der Waals surface area contributed by atoms with Crippen LogP contribution in [-0.2, 0) is 4.75 Å². The maximum atomic E-state index is 8.78. The van der Waals surface area contributed by atoms with Gasteiger partial charge in [-0.2, -0.15) is 0 Å². The van der Waals surface area contributed by atoms with E-state index in [0.717, 1.165) is 31.6 Å². The number of fused-ring (bicyclic) bond motifs is 7. The second-order valence-electron chi connectivity index (χ2n) is 12.9. The van der Waals surface area contributed by atoms with Crippen LogP contribution in [0.25, 0.3) is 22.3 Å². The largest absolute Gasteiger partial charge is 0.300 e. The van der Waals surface area contributed by atoms with Crippen LogP contribution in [0.1, 0.15) is 48.4 Å². The highest BCUT2D eigenvalue weighted by Gasteiger charge is 2.44. The summed E-state index contributed by atoms with van der Waals surface area (Å²) in [5.74, 6) is 0.660. The number of aryl methyl sites for hydroxylation is 3.